The number of benzene rings is 3. The standard InChI is InChI=1S/C16H11N3O2.C13H10N4O2.2C10H7N3O4.C7H7NO4.C6H5NO4.C5H4N2O4/c20-16(21)13-9-14(11-1-5-17-6-2-11)19-15(10-13)12-3-7-18-8-4-12;18-13(19)10-5-11(16-3-1-14-8-16)7-12(6-10)17-4-2-15-9-17;14-9(15)6-1-7(10(16)17)3-8(2-6)13-4-11-12-5-13;14-9(15)6-3-7(10(16)17)5-8(4-6)13-2-1-11-12-13;1-3-2-4(6(9)10)5(8-3)7(11)12;8-5(9)3-1-2-7-4(3)6(10)11;8-4(9)2-1-6-7-3(2)5(10)11/h1-10H,(H,20,21);1-9H,(H,18,19);2*1-5H,(H,14,15)(H,16,17);2H2,1H3,(H,9,10)(H,11,12);2H,1H2,(H,8,9)(H,10,11);1H2,(H,8,9)(H,10,11). The van der Waals surface area contributed by atoms with Crippen LogP contribution in [-0.2, 0) is 28.8 Å². The van der Waals surface area contributed by atoms with E-state index in [0.717, 1.165) is 34.6 Å². The van der Waals surface area contributed by atoms with E-state index in [0.29, 0.717) is 28.5 Å². The molecule has 108 heavy (non-hydrogen) atoms. The summed E-state index contributed by atoms with van der Waals surface area (Å²) in [6.45, 7) is 1.44. The third-order valence-electron chi connectivity index (χ3n) is 13.9. The van der Waals surface area contributed by atoms with E-state index < -0.39 is 77.3 Å². The van der Waals surface area contributed by atoms with Crippen molar-refractivity contribution in [3.63, 3.8) is 0 Å². The molecule has 0 spiro atoms. The number of carboxylic acid groups (broad SMARTS) is 12. The van der Waals surface area contributed by atoms with Gasteiger partial charge in [-0.1, -0.05) is 5.21 Å². The first kappa shape index (κ1) is 78.9. The Balaban J connectivity index is 0.000000178. The van der Waals surface area contributed by atoms with Crippen LogP contribution in [-0.4, -0.2) is 215 Å². The minimum atomic E-state index is -1.36. The van der Waals surface area contributed by atoms with Gasteiger partial charge in [-0.15, -0.1) is 20.4 Å². The van der Waals surface area contributed by atoms with Gasteiger partial charge in [-0.2, -0.15) is 5.11 Å². The van der Waals surface area contributed by atoms with Crippen LogP contribution in [0.5, 0.6) is 0 Å². The summed E-state index contributed by atoms with van der Waals surface area (Å²) >= 11 is 0. The zero-order chi connectivity index (χ0) is 78.9. The number of aromatic carboxylic acids is 6. The van der Waals surface area contributed by atoms with Crippen molar-refractivity contribution in [2.45, 2.75) is 19.8 Å². The Morgan fingerprint density at radius 3 is 1.12 bits per heavy atom. The van der Waals surface area contributed by atoms with Gasteiger partial charge in [0.1, 0.15) is 12.7 Å². The monoisotopic (exact) mass is 1480 g/mol. The van der Waals surface area contributed by atoms with E-state index in [1.54, 1.807) is 127 Å². The Morgan fingerprint density at radius 2 is 0.769 bits per heavy atom. The fraction of sp³-hybridized carbons (Fsp3) is 0.0597. The molecule has 12 N–H and O–H groups in total. The molecule has 0 bridgehead atoms. The average Bonchev–Trinajstić information content (AvgIpc) is 1.81. The summed E-state index contributed by atoms with van der Waals surface area (Å²) in [6.07, 6.45) is 23.8. The Morgan fingerprint density at radius 1 is 0.361 bits per heavy atom. The predicted octanol–water partition coefficient (Wildman–Crippen LogP) is 6.02. The minimum absolute atomic E-state index is 0.0942. The SMILES string of the molecule is CC1=NC(C(=O)O)=C(C(=O)O)C1.O=C(O)C1=C(C(=O)O)N=CC1.O=C(O)C1=C(C(=O)O)N=NC1.O=C(O)c1cc(-c2ccncc2)nc(-c2ccncc2)c1.O=C(O)c1cc(-n2ccnc2)cc(-n2ccnc2)c1.O=C(O)c1cc(C(=O)O)cc(-n2ccnn2)c1.O=C(O)c1cc(C(=O)O)cc(-n2cnnc2)c1. The number of pyridine rings is 3. The number of carbonyl (C=O) groups is 12. The molecule has 41 nitrogen and oxygen atoms in total. The highest BCUT2D eigenvalue weighted by Gasteiger charge is 2.27. The van der Waals surface area contributed by atoms with Crippen LogP contribution in [0.15, 0.2) is 232 Å². The summed E-state index contributed by atoms with van der Waals surface area (Å²) in [6, 6.07) is 22.9. The number of nitrogens with zero attached hydrogens (tertiary/aromatic N) is 17. The molecule has 7 aromatic heterocycles. The Bertz CT molecular complexity index is 4950. The number of aliphatic carboxylic acids is 6. The van der Waals surface area contributed by atoms with Crippen LogP contribution in [0.2, 0.25) is 0 Å². The molecule has 0 atom stereocenters. The lowest BCUT2D eigenvalue weighted by molar-refractivity contribution is -0.135. The summed E-state index contributed by atoms with van der Waals surface area (Å²) < 4.78 is 6.23. The lowest BCUT2D eigenvalue weighted by Crippen LogP contribution is -2.08. The molecule has 3 aliphatic rings. The van der Waals surface area contributed by atoms with Gasteiger partial charge >= 0.3 is 71.6 Å². The topological polar surface area (TPSA) is 633 Å². The summed E-state index contributed by atoms with van der Waals surface area (Å²) in [5.41, 5.74) is 3.79. The molecule has 41 heteroatoms. The predicted molar refractivity (Wildman–Crippen MR) is 363 cm³/mol. The van der Waals surface area contributed by atoms with Crippen molar-refractivity contribution in [2.75, 3.05) is 6.54 Å². The van der Waals surface area contributed by atoms with Gasteiger partial charge in [-0.25, -0.2) is 82.2 Å². The first-order chi connectivity index (χ1) is 51.4. The molecular weight excluding hydrogens is 1430 g/mol. The molecule has 3 aromatic carbocycles. The number of aromatic nitrogens is 13. The number of imidazole rings is 2. The summed E-state index contributed by atoms with van der Waals surface area (Å²) in [7, 11) is 0. The van der Waals surface area contributed by atoms with Crippen molar-refractivity contribution < 1.29 is 119 Å². The highest BCUT2D eigenvalue weighted by atomic mass is 16.4. The molecule has 0 saturated carbocycles. The van der Waals surface area contributed by atoms with Gasteiger partial charge in [0.2, 0.25) is 0 Å². The van der Waals surface area contributed by atoms with Crippen LogP contribution in [0.25, 0.3) is 45.3 Å². The van der Waals surface area contributed by atoms with Gasteiger partial charge in [-0.05, 0) is 97.9 Å². The summed E-state index contributed by atoms with van der Waals surface area (Å²) in [5, 5.41) is 125. The molecule has 10 aromatic rings. The van der Waals surface area contributed by atoms with E-state index in [1.165, 1.54) is 64.8 Å². The van der Waals surface area contributed by atoms with Gasteiger partial charge in [0.15, 0.2) is 17.1 Å². The van der Waals surface area contributed by atoms with E-state index in [2.05, 4.69) is 65.6 Å². The van der Waals surface area contributed by atoms with E-state index in [-0.39, 0.29) is 80.9 Å². The van der Waals surface area contributed by atoms with Crippen molar-refractivity contribution in [3.05, 3.63) is 245 Å². The molecule has 0 radical (unpaired) electrons. The Labute approximate surface area is 601 Å². The lowest BCUT2D eigenvalue weighted by Gasteiger charge is -2.09. The van der Waals surface area contributed by atoms with Crippen LogP contribution in [0.4, 0.5) is 0 Å². The van der Waals surface area contributed by atoms with Crippen LogP contribution >= 0.6 is 0 Å². The van der Waals surface area contributed by atoms with Gasteiger partial charge in [0.25, 0.3) is 0 Å². The van der Waals surface area contributed by atoms with E-state index in [1.807, 2.05) is 6.07 Å². The minimum Gasteiger partial charge on any atom is -0.478 e. The fourth-order valence-corrected chi connectivity index (χ4v) is 8.93. The van der Waals surface area contributed by atoms with Gasteiger partial charge in [0, 0.05) is 103 Å². The van der Waals surface area contributed by atoms with Crippen molar-refractivity contribution >= 4 is 83.6 Å². The largest absolute Gasteiger partial charge is 0.478 e. The number of rotatable bonds is 18. The molecule has 0 fully saturated rings. The van der Waals surface area contributed by atoms with E-state index in [4.69, 9.17) is 51.1 Å². The highest BCUT2D eigenvalue weighted by Crippen LogP contribution is 2.26. The fourth-order valence-electron chi connectivity index (χ4n) is 8.93. The molecule has 0 amide bonds. The van der Waals surface area contributed by atoms with Crippen molar-refractivity contribution in [1.29, 1.82) is 0 Å². The Hall–Kier alpha value is -16.4. The van der Waals surface area contributed by atoms with Crippen LogP contribution in [0.1, 0.15) is 81.9 Å². The van der Waals surface area contributed by atoms with Crippen LogP contribution in [0, 0.1) is 0 Å². The Kier molecular flexibility index (Phi) is 26.9. The average molecular weight is 1480 g/mol. The summed E-state index contributed by atoms with van der Waals surface area (Å²) in [4.78, 5) is 155. The third-order valence-corrected chi connectivity index (χ3v) is 13.9. The summed E-state index contributed by atoms with van der Waals surface area (Å²) in [5.74, 6) is -14.4. The molecule has 548 valence electrons. The van der Waals surface area contributed by atoms with Gasteiger partial charge in [0.05, 0.1) is 98.8 Å². The number of carboxylic acids is 12. The van der Waals surface area contributed by atoms with Gasteiger partial charge < -0.3 is 70.4 Å². The van der Waals surface area contributed by atoms with E-state index in [9.17, 15) is 67.7 Å². The first-order valence-corrected chi connectivity index (χ1v) is 29.8. The van der Waals surface area contributed by atoms with Crippen LogP contribution < -0.4 is 0 Å². The molecule has 0 aliphatic carbocycles. The normalized spacial score (nSPS) is 12.0. The maximum atomic E-state index is 11.3. The zero-order valence-corrected chi connectivity index (χ0v) is 54.8. The molecular formula is C67H51N17O24. The highest BCUT2D eigenvalue weighted by molar-refractivity contribution is 6.08. The van der Waals surface area contributed by atoms with Crippen LogP contribution in [0.3, 0.4) is 0 Å². The number of hydrogen-bond donors (Lipinski definition) is 12. The second kappa shape index (κ2) is 36.8. The number of aliphatic imine (C=N–C) groups is 2. The smallest absolute Gasteiger partial charge is 0.357 e. The lowest BCUT2D eigenvalue weighted by atomic mass is 10.1. The quantitative estimate of drug-likeness (QED) is 0.0467. The maximum absolute atomic E-state index is 11.3. The zero-order valence-electron chi connectivity index (χ0n) is 54.8. The number of hydrogen-bond acceptors (Lipinski definition) is 25. The molecule has 10 heterocycles. The van der Waals surface area contributed by atoms with Crippen molar-refractivity contribution in [1.82, 2.24) is 63.8 Å². The first-order valence-electron chi connectivity index (χ1n) is 29.8. The van der Waals surface area contributed by atoms with Crippen molar-refractivity contribution in [2.24, 2.45) is 20.2 Å². The molecule has 13 rings (SSSR count). The van der Waals surface area contributed by atoms with Gasteiger partial charge in [-0.3, -0.25) is 19.5 Å². The number of azo groups is 1. The third kappa shape index (κ3) is 21.8. The maximum Gasteiger partial charge on any atom is 0.357 e. The second-order valence-electron chi connectivity index (χ2n) is 21.1. The molecule has 0 saturated heterocycles. The molecule has 3 aliphatic heterocycles. The second-order valence-corrected chi connectivity index (χ2v) is 21.1. The van der Waals surface area contributed by atoms with Crippen molar-refractivity contribution in [3.8, 4) is 45.3 Å². The van der Waals surface area contributed by atoms with E-state index >= 15 is 0 Å². The molecule has 0 unspecified atom stereocenters.